The van der Waals surface area contributed by atoms with Crippen molar-refractivity contribution in [2.75, 3.05) is 6.54 Å². The van der Waals surface area contributed by atoms with Crippen LogP contribution in [-0.2, 0) is 6.54 Å². The maximum atomic E-state index is 6.34. The Morgan fingerprint density at radius 1 is 1.30 bits per heavy atom. The summed E-state index contributed by atoms with van der Waals surface area (Å²) in [6.07, 6.45) is 4.91. The van der Waals surface area contributed by atoms with E-state index in [-0.39, 0.29) is 6.04 Å². The molecule has 5 heteroatoms. The van der Waals surface area contributed by atoms with Crippen LogP contribution in [0.15, 0.2) is 30.6 Å². The van der Waals surface area contributed by atoms with Gasteiger partial charge in [0.1, 0.15) is 5.82 Å². The van der Waals surface area contributed by atoms with E-state index < -0.39 is 0 Å². The van der Waals surface area contributed by atoms with Gasteiger partial charge in [0.2, 0.25) is 0 Å². The molecule has 3 nitrogen and oxygen atoms in total. The van der Waals surface area contributed by atoms with Crippen LogP contribution < -0.4 is 5.32 Å². The quantitative estimate of drug-likeness (QED) is 0.862. The number of aromatic nitrogens is 2. The van der Waals surface area contributed by atoms with E-state index in [1.54, 1.807) is 6.07 Å². The predicted molar refractivity (Wildman–Crippen MR) is 84.5 cm³/mol. The summed E-state index contributed by atoms with van der Waals surface area (Å²) >= 11 is 12.3. The van der Waals surface area contributed by atoms with Crippen LogP contribution in [-0.4, -0.2) is 16.1 Å². The van der Waals surface area contributed by atoms with Crippen LogP contribution in [0.3, 0.4) is 0 Å². The van der Waals surface area contributed by atoms with Gasteiger partial charge in [-0.2, -0.15) is 0 Å². The lowest BCUT2D eigenvalue weighted by Crippen LogP contribution is -2.25. The molecule has 0 fully saturated rings. The predicted octanol–water partition coefficient (Wildman–Crippen LogP) is 4.30. The SMILES string of the molecule is CCCn1ccnc1C(NCC)c1ccc(Cl)cc1Cl. The molecule has 0 spiro atoms. The van der Waals surface area contributed by atoms with E-state index in [0.717, 1.165) is 30.9 Å². The number of nitrogens with zero attached hydrogens (tertiary/aromatic N) is 2. The number of halogens is 2. The lowest BCUT2D eigenvalue weighted by atomic mass is 10.1. The summed E-state index contributed by atoms with van der Waals surface area (Å²) in [6.45, 7) is 6.01. The minimum Gasteiger partial charge on any atom is -0.333 e. The third kappa shape index (κ3) is 3.35. The standard InChI is InChI=1S/C15H19Cl2N3/c1-3-8-20-9-7-19-15(20)14(18-4-2)12-6-5-11(16)10-13(12)17/h5-7,9-10,14,18H,3-4,8H2,1-2H3. The van der Waals surface area contributed by atoms with Gasteiger partial charge < -0.3 is 9.88 Å². The zero-order chi connectivity index (χ0) is 14.5. The van der Waals surface area contributed by atoms with Crippen molar-refractivity contribution in [1.82, 2.24) is 14.9 Å². The maximum absolute atomic E-state index is 6.34. The molecule has 2 aromatic rings. The monoisotopic (exact) mass is 311 g/mol. The third-order valence-electron chi connectivity index (χ3n) is 3.15. The number of nitrogens with one attached hydrogen (secondary N) is 1. The van der Waals surface area contributed by atoms with Gasteiger partial charge in [-0.1, -0.05) is 43.1 Å². The molecule has 0 radical (unpaired) electrons. The molecule has 1 heterocycles. The summed E-state index contributed by atoms with van der Waals surface area (Å²) < 4.78 is 2.16. The van der Waals surface area contributed by atoms with Crippen molar-refractivity contribution in [1.29, 1.82) is 0 Å². The van der Waals surface area contributed by atoms with Crippen molar-refractivity contribution in [3.05, 3.63) is 52.0 Å². The number of benzene rings is 1. The van der Waals surface area contributed by atoms with Crippen molar-refractivity contribution in [2.24, 2.45) is 0 Å². The number of hydrogen-bond donors (Lipinski definition) is 1. The molecule has 0 aliphatic rings. The molecule has 0 aliphatic carbocycles. The Hall–Kier alpha value is -1.03. The van der Waals surface area contributed by atoms with Crippen LogP contribution in [0.25, 0.3) is 0 Å². The second kappa shape index (κ2) is 7.11. The molecule has 1 atom stereocenters. The fourth-order valence-electron chi connectivity index (χ4n) is 2.29. The molecule has 0 saturated heterocycles. The first-order valence-corrected chi connectivity index (χ1v) is 7.62. The molecule has 20 heavy (non-hydrogen) atoms. The van der Waals surface area contributed by atoms with Gasteiger partial charge in [0.15, 0.2) is 0 Å². The Bertz CT molecular complexity index is 566. The smallest absolute Gasteiger partial charge is 0.130 e. The van der Waals surface area contributed by atoms with Crippen LogP contribution in [0.4, 0.5) is 0 Å². The molecule has 108 valence electrons. The Balaban J connectivity index is 2.42. The van der Waals surface area contributed by atoms with E-state index >= 15 is 0 Å². The number of imidazole rings is 1. The number of hydrogen-bond acceptors (Lipinski definition) is 2. The average Bonchev–Trinajstić information content (AvgIpc) is 2.85. The fraction of sp³-hybridized carbons (Fsp3) is 0.400. The van der Waals surface area contributed by atoms with Gasteiger partial charge in [-0.3, -0.25) is 0 Å². The van der Waals surface area contributed by atoms with Crippen molar-refractivity contribution in [3.63, 3.8) is 0 Å². The van der Waals surface area contributed by atoms with Gasteiger partial charge in [0, 0.05) is 29.0 Å². The van der Waals surface area contributed by atoms with Crippen LogP contribution in [0, 0.1) is 0 Å². The number of rotatable bonds is 6. The van der Waals surface area contributed by atoms with Gasteiger partial charge in [0.05, 0.1) is 6.04 Å². The Kier molecular flexibility index (Phi) is 5.46. The molecular formula is C15H19Cl2N3. The molecule has 0 aliphatic heterocycles. The first-order valence-electron chi connectivity index (χ1n) is 6.86. The van der Waals surface area contributed by atoms with Gasteiger partial charge in [0.25, 0.3) is 0 Å². The van der Waals surface area contributed by atoms with E-state index in [0.29, 0.717) is 10.0 Å². The van der Waals surface area contributed by atoms with E-state index in [1.807, 2.05) is 24.5 Å². The molecular weight excluding hydrogens is 293 g/mol. The van der Waals surface area contributed by atoms with Crippen molar-refractivity contribution >= 4 is 23.2 Å². The second-order valence-electron chi connectivity index (χ2n) is 4.64. The van der Waals surface area contributed by atoms with Crippen molar-refractivity contribution < 1.29 is 0 Å². The second-order valence-corrected chi connectivity index (χ2v) is 5.48. The normalized spacial score (nSPS) is 12.6. The van der Waals surface area contributed by atoms with Gasteiger partial charge in [-0.05, 0) is 30.7 Å². The Morgan fingerprint density at radius 3 is 2.75 bits per heavy atom. The molecule has 1 unspecified atom stereocenters. The molecule has 0 saturated carbocycles. The van der Waals surface area contributed by atoms with Crippen LogP contribution >= 0.6 is 23.2 Å². The lowest BCUT2D eigenvalue weighted by molar-refractivity contribution is 0.544. The molecule has 1 N–H and O–H groups in total. The Labute approximate surface area is 129 Å². The zero-order valence-corrected chi connectivity index (χ0v) is 13.2. The molecule has 0 amide bonds. The topological polar surface area (TPSA) is 29.9 Å². The highest BCUT2D eigenvalue weighted by Gasteiger charge is 2.20. The summed E-state index contributed by atoms with van der Waals surface area (Å²) in [6, 6.07) is 5.57. The van der Waals surface area contributed by atoms with Gasteiger partial charge in [-0.15, -0.1) is 0 Å². The Morgan fingerprint density at radius 2 is 2.10 bits per heavy atom. The first kappa shape index (κ1) is 15.4. The average molecular weight is 312 g/mol. The molecule has 1 aromatic carbocycles. The van der Waals surface area contributed by atoms with Crippen LogP contribution in [0.1, 0.15) is 37.7 Å². The summed E-state index contributed by atoms with van der Waals surface area (Å²) in [5.41, 5.74) is 1.00. The van der Waals surface area contributed by atoms with Gasteiger partial charge >= 0.3 is 0 Å². The van der Waals surface area contributed by atoms with Crippen molar-refractivity contribution in [2.45, 2.75) is 32.9 Å². The van der Waals surface area contributed by atoms with E-state index in [1.165, 1.54) is 0 Å². The minimum atomic E-state index is -0.0219. The van der Waals surface area contributed by atoms with E-state index in [2.05, 4.69) is 28.7 Å². The minimum absolute atomic E-state index is 0.0219. The first-order chi connectivity index (χ1) is 9.67. The summed E-state index contributed by atoms with van der Waals surface area (Å²) in [5.74, 6) is 0.984. The summed E-state index contributed by atoms with van der Waals surface area (Å²) in [4.78, 5) is 4.50. The highest BCUT2D eigenvalue weighted by molar-refractivity contribution is 6.35. The zero-order valence-electron chi connectivity index (χ0n) is 11.7. The molecule has 1 aromatic heterocycles. The summed E-state index contributed by atoms with van der Waals surface area (Å²) in [7, 11) is 0. The highest BCUT2D eigenvalue weighted by atomic mass is 35.5. The molecule has 0 bridgehead atoms. The van der Waals surface area contributed by atoms with Gasteiger partial charge in [-0.25, -0.2) is 4.98 Å². The largest absolute Gasteiger partial charge is 0.333 e. The maximum Gasteiger partial charge on any atom is 0.130 e. The van der Waals surface area contributed by atoms with Crippen molar-refractivity contribution in [3.8, 4) is 0 Å². The van der Waals surface area contributed by atoms with Crippen LogP contribution in [0.2, 0.25) is 10.0 Å². The summed E-state index contributed by atoms with van der Waals surface area (Å²) in [5, 5.41) is 4.76. The highest BCUT2D eigenvalue weighted by Crippen LogP contribution is 2.29. The van der Waals surface area contributed by atoms with Crippen LogP contribution in [0.5, 0.6) is 0 Å². The van der Waals surface area contributed by atoms with E-state index in [4.69, 9.17) is 23.2 Å². The lowest BCUT2D eigenvalue weighted by Gasteiger charge is -2.20. The fourth-order valence-corrected chi connectivity index (χ4v) is 2.81. The molecule has 2 rings (SSSR count). The number of aryl methyl sites for hydroxylation is 1. The van der Waals surface area contributed by atoms with E-state index in [9.17, 15) is 0 Å². The third-order valence-corrected chi connectivity index (χ3v) is 3.71.